The molecule has 1 aromatic heterocycles. The van der Waals surface area contributed by atoms with Crippen molar-refractivity contribution in [2.45, 2.75) is 82.9 Å². The largest absolute Gasteiger partial charge is 0.472 e. The van der Waals surface area contributed by atoms with Gasteiger partial charge in [0.25, 0.3) is 0 Å². The van der Waals surface area contributed by atoms with Crippen molar-refractivity contribution < 1.29 is 37.7 Å². The van der Waals surface area contributed by atoms with Crippen molar-refractivity contribution in [3.63, 3.8) is 0 Å². The second kappa shape index (κ2) is 5.95. The number of cyclic esters (lactones) is 2. The van der Waals surface area contributed by atoms with Gasteiger partial charge in [0.15, 0.2) is 6.10 Å². The van der Waals surface area contributed by atoms with Gasteiger partial charge in [0, 0.05) is 28.7 Å². The summed E-state index contributed by atoms with van der Waals surface area (Å²) in [4.78, 5) is 39.7. The fourth-order valence-corrected chi connectivity index (χ4v) is 9.34. The lowest BCUT2D eigenvalue weighted by Gasteiger charge is -2.65. The Morgan fingerprint density at radius 2 is 1.76 bits per heavy atom. The minimum Gasteiger partial charge on any atom is -0.472 e. The van der Waals surface area contributed by atoms with Crippen LogP contribution in [0.4, 0.5) is 0 Å². The minimum atomic E-state index is -0.976. The molecule has 0 radical (unpaired) electrons. The fourth-order valence-electron chi connectivity index (χ4n) is 9.34. The van der Waals surface area contributed by atoms with Crippen LogP contribution in [-0.4, -0.2) is 47.7 Å². The number of ketones is 1. The summed E-state index contributed by atoms with van der Waals surface area (Å²) in [5, 5.41) is 0. The summed E-state index contributed by atoms with van der Waals surface area (Å²) in [6.07, 6.45) is 3.46. The van der Waals surface area contributed by atoms with Crippen LogP contribution in [-0.2, 0) is 33.3 Å². The van der Waals surface area contributed by atoms with E-state index in [-0.39, 0.29) is 42.7 Å². The third-order valence-electron chi connectivity index (χ3n) is 10.7. The maximum absolute atomic E-state index is 14.2. The molecule has 182 valence electrons. The molecule has 2 saturated carbocycles. The van der Waals surface area contributed by atoms with Crippen molar-refractivity contribution >= 4 is 17.7 Å². The van der Waals surface area contributed by atoms with E-state index in [0.717, 1.165) is 12.0 Å². The predicted molar refractivity (Wildman–Crippen MR) is 114 cm³/mol. The minimum absolute atomic E-state index is 0.0677. The third-order valence-corrected chi connectivity index (χ3v) is 10.7. The van der Waals surface area contributed by atoms with Crippen LogP contribution in [0.1, 0.15) is 65.0 Å². The standard InChI is InChI=1S/C26H30O8/c1-22(2)15-9-16(27)24(4)14(25(15)12-31-18(28)10-17(25)33-22)5-7-23(3)19(13-6-8-30-11-13)32-21(29)20-26(23,24)34-20/h6,8,11,14-15,17,19-20H,5,7,9-10,12H2,1-4H3/t14-,15-,17?,19?,20?,23?,24?,25?,26?/m0/s1. The summed E-state index contributed by atoms with van der Waals surface area (Å²) in [6.45, 7) is 8.36. The van der Waals surface area contributed by atoms with E-state index in [1.165, 1.54) is 0 Å². The van der Waals surface area contributed by atoms with E-state index in [1.54, 1.807) is 12.5 Å². The Morgan fingerprint density at radius 1 is 0.971 bits per heavy atom. The summed E-state index contributed by atoms with van der Waals surface area (Å²) in [6, 6.07) is 1.81. The molecule has 0 bridgehead atoms. The highest BCUT2D eigenvalue weighted by Crippen LogP contribution is 2.79. The summed E-state index contributed by atoms with van der Waals surface area (Å²) in [7, 11) is 0. The van der Waals surface area contributed by atoms with Crippen molar-refractivity contribution in [2.24, 2.45) is 28.1 Å². The van der Waals surface area contributed by atoms with Crippen molar-refractivity contribution in [1.29, 1.82) is 0 Å². The predicted octanol–water partition coefficient (Wildman–Crippen LogP) is 3.14. The average Bonchev–Trinajstić information content (AvgIpc) is 3.26. The summed E-state index contributed by atoms with van der Waals surface area (Å²) in [5.74, 6) is -0.780. The van der Waals surface area contributed by atoms with E-state index in [0.29, 0.717) is 12.8 Å². The molecule has 8 nitrogen and oxygen atoms in total. The number of Topliss-reactive ketones (excluding diaryl/α,β-unsaturated/α-hetero) is 1. The molecule has 9 atom stereocenters. The molecule has 34 heavy (non-hydrogen) atoms. The lowest BCUT2D eigenvalue weighted by Crippen LogP contribution is -2.72. The number of ether oxygens (including phenoxy) is 4. The van der Waals surface area contributed by atoms with Crippen LogP contribution in [0, 0.1) is 28.1 Å². The van der Waals surface area contributed by atoms with Crippen LogP contribution in [0.2, 0.25) is 0 Å². The highest BCUT2D eigenvalue weighted by Gasteiger charge is 2.89. The topological polar surface area (TPSA) is 105 Å². The van der Waals surface area contributed by atoms with Gasteiger partial charge in [0.05, 0.1) is 36.1 Å². The molecule has 0 aromatic carbocycles. The Balaban J connectivity index is 1.41. The number of hydrogen-bond donors (Lipinski definition) is 0. The zero-order valence-electron chi connectivity index (χ0n) is 19.9. The smallest absolute Gasteiger partial charge is 0.339 e. The first-order valence-electron chi connectivity index (χ1n) is 12.3. The monoisotopic (exact) mass is 470 g/mol. The maximum atomic E-state index is 14.2. The number of carbonyl (C=O) groups excluding carboxylic acids is 3. The molecule has 1 aromatic rings. The number of carbonyl (C=O) groups is 3. The molecule has 4 saturated heterocycles. The van der Waals surface area contributed by atoms with Gasteiger partial charge in [0.1, 0.15) is 24.1 Å². The zero-order chi connectivity index (χ0) is 23.9. The van der Waals surface area contributed by atoms with Gasteiger partial charge in [-0.25, -0.2) is 4.79 Å². The van der Waals surface area contributed by atoms with Gasteiger partial charge in [-0.1, -0.05) is 6.92 Å². The maximum Gasteiger partial charge on any atom is 0.339 e. The number of epoxide rings is 1. The van der Waals surface area contributed by atoms with Crippen LogP contribution in [0.5, 0.6) is 0 Å². The third kappa shape index (κ3) is 2.02. The SMILES string of the molecule is CC1(C)OC2CC(=O)OCC23[C@H]2CCC4(C)C(c5ccoc5)OC(=O)C5OC54C2(C)C(=O)C[C@@H]13. The van der Waals surface area contributed by atoms with Gasteiger partial charge in [0.2, 0.25) is 0 Å². The number of fused-ring (bicyclic) bond motifs is 1. The van der Waals surface area contributed by atoms with Crippen LogP contribution >= 0.6 is 0 Å². The molecule has 2 aliphatic carbocycles. The van der Waals surface area contributed by atoms with E-state index in [4.69, 9.17) is 23.4 Å². The molecule has 7 rings (SSSR count). The van der Waals surface area contributed by atoms with Gasteiger partial charge < -0.3 is 23.4 Å². The van der Waals surface area contributed by atoms with Crippen molar-refractivity contribution in [3.05, 3.63) is 24.2 Å². The molecular weight excluding hydrogens is 440 g/mol. The molecule has 5 heterocycles. The van der Waals surface area contributed by atoms with Crippen LogP contribution < -0.4 is 0 Å². The summed E-state index contributed by atoms with van der Waals surface area (Å²) >= 11 is 0. The van der Waals surface area contributed by atoms with E-state index in [2.05, 4.69) is 6.92 Å². The van der Waals surface area contributed by atoms with Crippen LogP contribution in [0.25, 0.3) is 0 Å². The zero-order valence-corrected chi connectivity index (χ0v) is 19.9. The van der Waals surface area contributed by atoms with E-state index >= 15 is 0 Å². The molecule has 0 N–H and O–H groups in total. The van der Waals surface area contributed by atoms with E-state index < -0.39 is 45.6 Å². The second-order valence-electron chi connectivity index (χ2n) is 12.2. The van der Waals surface area contributed by atoms with Gasteiger partial charge in [-0.3, -0.25) is 9.59 Å². The van der Waals surface area contributed by atoms with Crippen molar-refractivity contribution in [3.8, 4) is 0 Å². The van der Waals surface area contributed by atoms with Crippen molar-refractivity contribution in [2.75, 3.05) is 6.61 Å². The molecule has 0 amide bonds. The molecule has 8 heteroatoms. The first-order valence-corrected chi connectivity index (χ1v) is 12.3. The first kappa shape index (κ1) is 21.1. The molecule has 7 unspecified atom stereocenters. The van der Waals surface area contributed by atoms with Crippen LogP contribution in [0.15, 0.2) is 23.0 Å². The van der Waals surface area contributed by atoms with Gasteiger partial charge in [-0.2, -0.15) is 0 Å². The normalized spacial score (nSPS) is 52.4. The number of hydrogen-bond acceptors (Lipinski definition) is 8. The van der Waals surface area contributed by atoms with Crippen LogP contribution in [0.3, 0.4) is 0 Å². The molecular formula is C26H30O8. The number of furan rings is 1. The fraction of sp³-hybridized carbons (Fsp3) is 0.731. The van der Waals surface area contributed by atoms with E-state index in [9.17, 15) is 14.4 Å². The van der Waals surface area contributed by atoms with E-state index in [1.807, 2.05) is 26.8 Å². The number of rotatable bonds is 1. The summed E-state index contributed by atoms with van der Waals surface area (Å²) < 4.78 is 29.8. The number of esters is 2. The Morgan fingerprint density at radius 3 is 2.50 bits per heavy atom. The second-order valence-corrected chi connectivity index (χ2v) is 12.2. The van der Waals surface area contributed by atoms with Gasteiger partial charge in [-0.15, -0.1) is 0 Å². The Kier molecular flexibility index (Phi) is 3.70. The van der Waals surface area contributed by atoms with Gasteiger partial charge >= 0.3 is 11.9 Å². The highest BCUT2D eigenvalue weighted by molar-refractivity contribution is 5.93. The van der Waals surface area contributed by atoms with Gasteiger partial charge in [-0.05, 0) is 45.6 Å². The lowest BCUT2D eigenvalue weighted by atomic mass is 9.37. The molecule has 6 aliphatic rings. The highest BCUT2D eigenvalue weighted by atomic mass is 16.7. The first-order chi connectivity index (χ1) is 16.0. The lowest BCUT2D eigenvalue weighted by molar-refractivity contribution is -0.225. The molecule has 6 fully saturated rings. The quantitative estimate of drug-likeness (QED) is 0.455. The summed E-state index contributed by atoms with van der Waals surface area (Å²) in [5.41, 5.74) is -2.78. The average molecular weight is 471 g/mol. The molecule has 4 aliphatic heterocycles. The Labute approximate surface area is 197 Å². The molecule has 2 spiro atoms. The van der Waals surface area contributed by atoms with Crippen molar-refractivity contribution in [1.82, 2.24) is 0 Å². The Hall–Kier alpha value is -2.19. The Bertz CT molecular complexity index is 1120.